The average molecular weight is 343 g/mol. The molecule has 6 heteroatoms. The molecule has 1 saturated heterocycles. The van der Waals surface area contributed by atoms with Crippen molar-refractivity contribution in [3.8, 4) is 5.75 Å². The van der Waals surface area contributed by atoms with E-state index < -0.39 is 5.97 Å². The first-order valence-electron chi connectivity index (χ1n) is 8.29. The van der Waals surface area contributed by atoms with Gasteiger partial charge in [0, 0.05) is 13.2 Å². The number of ether oxygens (including phenoxy) is 3. The molecule has 3 rings (SSSR count). The van der Waals surface area contributed by atoms with Crippen molar-refractivity contribution >= 4 is 22.6 Å². The number of carbonyl (C=O) groups is 2. The van der Waals surface area contributed by atoms with Gasteiger partial charge in [-0.05, 0) is 47.9 Å². The molecule has 132 valence electrons. The number of nitrogens with one attached hydrogen (secondary N) is 1. The second-order valence-corrected chi connectivity index (χ2v) is 5.94. The number of hydrogen-bond acceptors (Lipinski definition) is 5. The zero-order valence-corrected chi connectivity index (χ0v) is 14.1. The van der Waals surface area contributed by atoms with Gasteiger partial charge in [-0.2, -0.15) is 0 Å². The summed E-state index contributed by atoms with van der Waals surface area (Å²) in [6, 6.07) is 10.8. The summed E-state index contributed by atoms with van der Waals surface area (Å²) in [4.78, 5) is 23.9. The van der Waals surface area contributed by atoms with Crippen molar-refractivity contribution in [1.29, 1.82) is 0 Å². The largest absolute Gasteiger partial charge is 0.497 e. The number of hydrogen-bond donors (Lipinski definition) is 1. The molecule has 0 aromatic heterocycles. The van der Waals surface area contributed by atoms with Crippen molar-refractivity contribution in [3.63, 3.8) is 0 Å². The highest BCUT2D eigenvalue weighted by Crippen LogP contribution is 2.22. The fourth-order valence-electron chi connectivity index (χ4n) is 2.78. The molecule has 2 aromatic rings. The number of rotatable bonds is 6. The Morgan fingerprint density at radius 1 is 1.20 bits per heavy atom. The topological polar surface area (TPSA) is 73.9 Å². The minimum absolute atomic E-state index is 0.0668. The van der Waals surface area contributed by atoms with E-state index in [9.17, 15) is 9.59 Å². The Bertz CT molecular complexity index is 767. The van der Waals surface area contributed by atoms with Crippen LogP contribution < -0.4 is 10.1 Å². The first-order valence-corrected chi connectivity index (χ1v) is 8.29. The molecule has 2 aromatic carbocycles. The number of esters is 1. The minimum atomic E-state index is -0.523. The molecule has 0 bridgehead atoms. The molecule has 0 saturated carbocycles. The first kappa shape index (κ1) is 17.2. The zero-order valence-electron chi connectivity index (χ0n) is 14.1. The SMILES string of the molecule is COc1ccc2cc(C(=O)OCC(=O)NC[C@@H]3CCCO3)ccc2c1. The normalized spacial score (nSPS) is 16.6. The van der Waals surface area contributed by atoms with Crippen LogP contribution in [0.15, 0.2) is 36.4 Å². The van der Waals surface area contributed by atoms with Crippen LogP contribution in [0.2, 0.25) is 0 Å². The fraction of sp³-hybridized carbons (Fsp3) is 0.368. The highest BCUT2D eigenvalue weighted by molar-refractivity contribution is 5.96. The number of carbonyl (C=O) groups excluding carboxylic acids is 2. The van der Waals surface area contributed by atoms with E-state index in [1.54, 1.807) is 19.2 Å². The standard InChI is InChI=1S/C19H21NO5/c1-23-16-7-6-13-9-15(5-4-14(13)10-16)19(22)25-12-18(21)20-11-17-3-2-8-24-17/h4-7,9-10,17H,2-3,8,11-12H2,1H3,(H,20,21)/t17-/m0/s1. The maximum absolute atomic E-state index is 12.1. The molecular weight excluding hydrogens is 322 g/mol. The summed E-state index contributed by atoms with van der Waals surface area (Å²) in [6.07, 6.45) is 2.03. The molecule has 1 fully saturated rings. The zero-order chi connectivity index (χ0) is 17.6. The maximum atomic E-state index is 12.1. The highest BCUT2D eigenvalue weighted by Gasteiger charge is 2.17. The smallest absolute Gasteiger partial charge is 0.338 e. The van der Waals surface area contributed by atoms with E-state index in [0.717, 1.165) is 36.0 Å². The molecule has 1 atom stereocenters. The molecule has 1 amide bonds. The molecule has 1 heterocycles. The number of benzene rings is 2. The van der Waals surface area contributed by atoms with Gasteiger partial charge < -0.3 is 19.5 Å². The Morgan fingerprint density at radius 3 is 2.76 bits per heavy atom. The van der Waals surface area contributed by atoms with Crippen LogP contribution in [0.3, 0.4) is 0 Å². The van der Waals surface area contributed by atoms with Gasteiger partial charge in [0.25, 0.3) is 5.91 Å². The number of amides is 1. The molecule has 25 heavy (non-hydrogen) atoms. The van der Waals surface area contributed by atoms with E-state index in [1.807, 2.05) is 24.3 Å². The Hall–Kier alpha value is -2.60. The molecule has 0 aliphatic carbocycles. The molecule has 0 radical (unpaired) electrons. The highest BCUT2D eigenvalue weighted by atomic mass is 16.5. The Kier molecular flexibility index (Phi) is 5.50. The number of methoxy groups -OCH3 is 1. The van der Waals surface area contributed by atoms with Crippen LogP contribution in [0.5, 0.6) is 5.75 Å². The van der Waals surface area contributed by atoms with E-state index in [-0.39, 0.29) is 18.6 Å². The van der Waals surface area contributed by atoms with Gasteiger partial charge in [0.2, 0.25) is 0 Å². The predicted molar refractivity (Wildman–Crippen MR) is 92.8 cm³/mol. The van der Waals surface area contributed by atoms with Crippen LogP contribution in [0, 0.1) is 0 Å². The third-order valence-corrected chi connectivity index (χ3v) is 4.17. The summed E-state index contributed by atoms with van der Waals surface area (Å²) in [6.45, 7) is 0.893. The number of fused-ring (bicyclic) bond motifs is 1. The summed E-state index contributed by atoms with van der Waals surface area (Å²) < 4.78 is 15.7. The molecule has 1 N–H and O–H groups in total. The van der Waals surface area contributed by atoms with Crippen molar-refractivity contribution in [3.05, 3.63) is 42.0 Å². The Labute approximate surface area is 146 Å². The van der Waals surface area contributed by atoms with Gasteiger partial charge in [0.1, 0.15) is 5.75 Å². The lowest BCUT2D eigenvalue weighted by molar-refractivity contribution is -0.124. The van der Waals surface area contributed by atoms with Crippen LogP contribution >= 0.6 is 0 Å². The average Bonchev–Trinajstić information content (AvgIpc) is 3.17. The summed E-state index contributed by atoms with van der Waals surface area (Å²) in [7, 11) is 1.61. The van der Waals surface area contributed by atoms with E-state index >= 15 is 0 Å². The van der Waals surface area contributed by atoms with Crippen LogP contribution in [0.4, 0.5) is 0 Å². The van der Waals surface area contributed by atoms with Crippen molar-refractivity contribution < 1.29 is 23.8 Å². The molecule has 0 spiro atoms. The summed E-state index contributed by atoms with van der Waals surface area (Å²) in [5.41, 5.74) is 0.407. The van der Waals surface area contributed by atoms with Gasteiger partial charge in [-0.1, -0.05) is 12.1 Å². The van der Waals surface area contributed by atoms with Crippen molar-refractivity contribution in [2.24, 2.45) is 0 Å². The summed E-state index contributed by atoms with van der Waals surface area (Å²) in [5.74, 6) is -0.0925. The van der Waals surface area contributed by atoms with E-state index in [2.05, 4.69) is 5.32 Å². The van der Waals surface area contributed by atoms with Crippen LogP contribution in [-0.2, 0) is 14.3 Å². The van der Waals surface area contributed by atoms with Gasteiger partial charge in [-0.3, -0.25) is 4.79 Å². The van der Waals surface area contributed by atoms with Crippen LogP contribution in [-0.4, -0.2) is 44.8 Å². The van der Waals surface area contributed by atoms with Gasteiger partial charge in [0.15, 0.2) is 6.61 Å². The van der Waals surface area contributed by atoms with E-state index in [0.29, 0.717) is 12.1 Å². The minimum Gasteiger partial charge on any atom is -0.497 e. The first-order chi connectivity index (χ1) is 12.2. The van der Waals surface area contributed by atoms with E-state index in [1.165, 1.54) is 0 Å². The molecule has 1 aliphatic rings. The fourth-order valence-corrected chi connectivity index (χ4v) is 2.78. The third kappa shape index (κ3) is 4.48. The third-order valence-electron chi connectivity index (χ3n) is 4.17. The lowest BCUT2D eigenvalue weighted by atomic mass is 10.1. The van der Waals surface area contributed by atoms with Crippen LogP contribution in [0.25, 0.3) is 10.8 Å². The Morgan fingerprint density at radius 2 is 2.00 bits per heavy atom. The summed E-state index contributed by atoms with van der Waals surface area (Å²) in [5, 5.41) is 4.58. The quantitative estimate of drug-likeness (QED) is 0.815. The van der Waals surface area contributed by atoms with Crippen molar-refractivity contribution in [2.75, 3.05) is 26.9 Å². The maximum Gasteiger partial charge on any atom is 0.338 e. The second-order valence-electron chi connectivity index (χ2n) is 5.94. The van der Waals surface area contributed by atoms with Crippen LogP contribution in [0.1, 0.15) is 23.2 Å². The lowest BCUT2D eigenvalue weighted by Crippen LogP contribution is -2.34. The van der Waals surface area contributed by atoms with Gasteiger partial charge in [-0.15, -0.1) is 0 Å². The van der Waals surface area contributed by atoms with Gasteiger partial charge in [-0.25, -0.2) is 4.79 Å². The Balaban J connectivity index is 1.53. The van der Waals surface area contributed by atoms with Crippen molar-refractivity contribution in [1.82, 2.24) is 5.32 Å². The second kappa shape index (κ2) is 7.98. The van der Waals surface area contributed by atoms with E-state index in [4.69, 9.17) is 14.2 Å². The molecule has 0 unspecified atom stereocenters. The van der Waals surface area contributed by atoms with Crippen molar-refractivity contribution in [2.45, 2.75) is 18.9 Å². The van der Waals surface area contributed by atoms with Gasteiger partial charge >= 0.3 is 5.97 Å². The van der Waals surface area contributed by atoms with Gasteiger partial charge in [0.05, 0.1) is 18.8 Å². The molecule has 6 nitrogen and oxygen atoms in total. The molecular formula is C19H21NO5. The monoisotopic (exact) mass is 343 g/mol. The lowest BCUT2D eigenvalue weighted by Gasteiger charge is -2.11. The molecule has 1 aliphatic heterocycles. The summed E-state index contributed by atoms with van der Waals surface area (Å²) >= 11 is 0. The predicted octanol–water partition coefficient (Wildman–Crippen LogP) is 2.30.